The zero-order valence-corrected chi connectivity index (χ0v) is 19.5. The lowest BCUT2D eigenvalue weighted by atomic mass is 9.85. The van der Waals surface area contributed by atoms with Crippen LogP contribution in [0.5, 0.6) is 0 Å². The molecule has 3 aliphatic rings. The monoisotopic (exact) mass is 456 g/mol. The van der Waals surface area contributed by atoms with Crippen molar-refractivity contribution >= 4 is 29.4 Å². The van der Waals surface area contributed by atoms with E-state index in [2.05, 4.69) is 10.5 Å². The van der Waals surface area contributed by atoms with Crippen molar-refractivity contribution in [2.45, 2.75) is 58.9 Å². The van der Waals surface area contributed by atoms with Gasteiger partial charge in [-0.1, -0.05) is 31.2 Å². The number of nitrogens with one attached hydrogen (secondary N) is 1. The third-order valence-electron chi connectivity index (χ3n) is 6.89. The van der Waals surface area contributed by atoms with Crippen molar-refractivity contribution in [2.75, 3.05) is 18.4 Å². The first-order valence-corrected chi connectivity index (χ1v) is 11.8. The Morgan fingerprint density at radius 3 is 2.24 bits per heavy atom. The summed E-state index contributed by atoms with van der Waals surface area (Å²) in [4.78, 5) is 55.3. The quantitative estimate of drug-likeness (QED) is 0.520. The minimum atomic E-state index is -0.779. The number of nitrogens with zero attached hydrogens (tertiary/aromatic N) is 3. The maximum absolute atomic E-state index is 13.5. The van der Waals surface area contributed by atoms with Crippen LogP contribution in [-0.4, -0.2) is 57.7 Å². The third kappa shape index (κ3) is 4.72. The molecule has 3 heterocycles. The Hall–Kier alpha value is -2.97. The van der Waals surface area contributed by atoms with Gasteiger partial charge >= 0.3 is 0 Å². The molecule has 3 unspecified atom stereocenters. The normalized spacial score (nSPS) is 24.4. The van der Waals surface area contributed by atoms with Gasteiger partial charge in [0.1, 0.15) is 11.8 Å². The van der Waals surface area contributed by atoms with E-state index in [4.69, 9.17) is 4.52 Å². The van der Waals surface area contributed by atoms with Crippen molar-refractivity contribution in [3.05, 3.63) is 24.0 Å². The molecular weight excluding hydrogens is 424 g/mol. The van der Waals surface area contributed by atoms with Gasteiger partial charge in [0.25, 0.3) is 0 Å². The first kappa shape index (κ1) is 23.2. The van der Waals surface area contributed by atoms with E-state index in [0.29, 0.717) is 56.8 Å². The van der Waals surface area contributed by atoms with E-state index in [1.54, 1.807) is 17.9 Å². The van der Waals surface area contributed by atoms with E-state index in [-0.39, 0.29) is 47.3 Å². The molecule has 0 radical (unpaired) electrons. The highest BCUT2D eigenvalue weighted by atomic mass is 16.5. The number of carbonyl (C=O) groups excluding carboxylic acids is 4. The summed E-state index contributed by atoms with van der Waals surface area (Å²) in [7, 11) is 0. The van der Waals surface area contributed by atoms with Crippen LogP contribution in [0, 0.1) is 30.6 Å². The van der Waals surface area contributed by atoms with E-state index >= 15 is 0 Å². The maximum atomic E-state index is 13.5. The molecule has 4 rings (SSSR count). The van der Waals surface area contributed by atoms with Gasteiger partial charge in [0, 0.05) is 25.1 Å². The summed E-state index contributed by atoms with van der Waals surface area (Å²) in [5.41, 5.74) is 0. The molecule has 4 amide bonds. The van der Waals surface area contributed by atoms with Crippen LogP contribution in [0.4, 0.5) is 5.82 Å². The molecule has 3 atom stereocenters. The topological polar surface area (TPSA) is 113 Å². The fourth-order valence-electron chi connectivity index (χ4n) is 5.12. The smallest absolute Gasteiger partial charge is 0.245 e. The first-order valence-electron chi connectivity index (χ1n) is 11.8. The maximum Gasteiger partial charge on any atom is 0.245 e. The number of aryl methyl sites for hydroxylation is 1. The van der Waals surface area contributed by atoms with Gasteiger partial charge < -0.3 is 14.7 Å². The van der Waals surface area contributed by atoms with Gasteiger partial charge in [0.15, 0.2) is 5.82 Å². The van der Waals surface area contributed by atoms with Crippen molar-refractivity contribution in [2.24, 2.45) is 23.7 Å². The predicted molar refractivity (Wildman–Crippen MR) is 120 cm³/mol. The van der Waals surface area contributed by atoms with Crippen LogP contribution >= 0.6 is 0 Å². The average Bonchev–Trinajstić information content (AvgIpc) is 3.32. The molecular formula is C24H32N4O5. The number of amides is 4. The van der Waals surface area contributed by atoms with Crippen molar-refractivity contribution in [1.29, 1.82) is 0 Å². The first-order chi connectivity index (χ1) is 15.8. The molecule has 2 fully saturated rings. The number of hydrogen-bond acceptors (Lipinski definition) is 6. The molecule has 178 valence electrons. The number of carbonyl (C=O) groups is 4. The van der Waals surface area contributed by atoms with Crippen LogP contribution in [0.25, 0.3) is 0 Å². The van der Waals surface area contributed by atoms with Crippen molar-refractivity contribution < 1.29 is 23.7 Å². The molecule has 0 aromatic carbocycles. The summed E-state index contributed by atoms with van der Waals surface area (Å²) in [6.45, 7) is 6.55. The molecule has 2 saturated heterocycles. The van der Waals surface area contributed by atoms with E-state index in [1.807, 2.05) is 26.0 Å². The SMILES string of the molecule is Cc1cc(NC(=O)C2CCN(C(=O)C(CC(C)C)N3C(=O)C4CC=CCC4C3=O)CC2)no1. The molecule has 0 saturated carbocycles. The van der Waals surface area contributed by atoms with Gasteiger partial charge in [-0.25, -0.2) is 0 Å². The lowest BCUT2D eigenvalue weighted by molar-refractivity contribution is -0.153. The number of anilines is 1. The minimum Gasteiger partial charge on any atom is -0.360 e. The Morgan fingerprint density at radius 1 is 1.12 bits per heavy atom. The lowest BCUT2D eigenvalue weighted by Gasteiger charge is -2.36. The minimum absolute atomic E-state index is 0.143. The standard InChI is InChI=1S/C24H32N4O5/c1-14(2)12-19(28-22(30)17-6-4-5-7-18(17)23(28)31)24(32)27-10-8-16(9-11-27)21(29)25-20-13-15(3)33-26-20/h4-5,13-14,16-19H,6-12H2,1-3H3,(H,25,26,29). The molecule has 2 aliphatic heterocycles. The lowest BCUT2D eigenvalue weighted by Crippen LogP contribution is -2.54. The van der Waals surface area contributed by atoms with Gasteiger partial charge in [0.2, 0.25) is 23.6 Å². The average molecular weight is 457 g/mol. The Morgan fingerprint density at radius 2 is 1.73 bits per heavy atom. The highest BCUT2D eigenvalue weighted by Gasteiger charge is 2.51. The number of rotatable bonds is 6. The van der Waals surface area contributed by atoms with E-state index in [0.717, 1.165) is 0 Å². The van der Waals surface area contributed by atoms with Crippen LogP contribution in [0.1, 0.15) is 51.7 Å². The molecule has 1 aliphatic carbocycles. The molecule has 1 aromatic rings. The number of likely N-dealkylation sites (tertiary alicyclic amines) is 2. The number of fused-ring (bicyclic) bond motifs is 1. The van der Waals surface area contributed by atoms with Crippen LogP contribution in [0.3, 0.4) is 0 Å². The number of piperidine rings is 1. The Labute approximate surface area is 193 Å². The molecule has 0 spiro atoms. The number of hydrogen-bond donors (Lipinski definition) is 1. The van der Waals surface area contributed by atoms with Crippen LogP contribution in [0.15, 0.2) is 22.7 Å². The highest BCUT2D eigenvalue weighted by molar-refractivity contribution is 6.08. The molecule has 1 aromatic heterocycles. The zero-order valence-electron chi connectivity index (χ0n) is 19.5. The van der Waals surface area contributed by atoms with Gasteiger partial charge in [-0.3, -0.25) is 24.1 Å². The van der Waals surface area contributed by atoms with Gasteiger partial charge in [0.05, 0.1) is 11.8 Å². The summed E-state index contributed by atoms with van der Waals surface area (Å²) >= 11 is 0. The second kappa shape index (κ2) is 9.49. The van der Waals surface area contributed by atoms with Gasteiger partial charge in [-0.05, 0) is 44.9 Å². The third-order valence-corrected chi connectivity index (χ3v) is 6.89. The fourth-order valence-corrected chi connectivity index (χ4v) is 5.12. The van der Waals surface area contributed by atoms with Crippen molar-refractivity contribution in [1.82, 2.24) is 15.0 Å². The molecule has 1 N–H and O–H groups in total. The summed E-state index contributed by atoms with van der Waals surface area (Å²) < 4.78 is 4.98. The Kier molecular flexibility index (Phi) is 6.67. The number of allylic oxidation sites excluding steroid dienone is 2. The summed E-state index contributed by atoms with van der Waals surface area (Å²) in [5, 5.41) is 6.55. The van der Waals surface area contributed by atoms with Crippen LogP contribution in [0.2, 0.25) is 0 Å². The Bertz CT molecular complexity index is 934. The fraction of sp³-hybridized carbons (Fsp3) is 0.625. The molecule has 0 bridgehead atoms. The molecule has 9 heteroatoms. The Balaban J connectivity index is 1.41. The number of imide groups is 1. The predicted octanol–water partition coefficient (Wildman–Crippen LogP) is 2.53. The summed E-state index contributed by atoms with van der Waals surface area (Å²) in [6, 6.07) is 0.878. The van der Waals surface area contributed by atoms with Gasteiger partial charge in [-0.2, -0.15) is 0 Å². The van der Waals surface area contributed by atoms with E-state index < -0.39 is 6.04 Å². The van der Waals surface area contributed by atoms with Gasteiger partial charge in [-0.15, -0.1) is 0 Å². The second-order valence-corrected chi connectivity index (χ2v) is 9.76. The van der Waals surface area contributed by atoms with E-state index in [1.165, 1.54) is 4.90 Å². The van der Waals surface area contributed by atoms with Crippen LogP contribution < -0.4 is 5.32 Å². The largest absolute Gasteiger partial charge is 0.360 e. The number of aromatic nitrogens is 1. The molecule has 9 nitrogen and oxygen atoms in total. The highest BCUT2D eigenvalue weighted by Crippen LogP contribution is 2.37. The zero-order chi connectivity index (χ0) is 23.7. The van der Waals surface area contributed by atoms with E-state index in [9.17, 15) is 19.2 Å². The van der Waals surface area contributed by atoms with Crippen LogP contribution in [-0.2, 0) is 19.2 Å². The molecule has 33 heavy (non-hydrogen) atoms. The second-order valence-electron chi connectivity index (χ2n) is 9.76. The summed E-state index contributed by atoms with van der Waals surface area (Å²) in [6.07, 6.45) is 6.48. The van der Waals surface area contributed by atoms with Crippen molar-refractivity contribution in [3.8, 4) is 0 Å². The van der Waals surface area contributed by atoms with Crippen molar-refractivity contribution in [3.63, 3.8) is 0 Å². The summed E-state index contributed by atoms with van der Waals surface area (Å²) in [5.74, 6) is -0.555.